The second kappa shape index (κ2) is 17.7. The largest absolute Gasteiger partial charge is 0.508 e. The second-order valence-electron chi connectivity index (χ2n) is 18.4. The number of methoxy groups -OCH3 is 1. The Morgan fingerprint density at radius 2 is 1.81 bits per heavy atom. The van der Waals surface area contributed by atoms with Crippen LogP contribution in [0.2, 0.25) is 0 Å². The number of ether oxygens (including phenoxy) is 3. The van der Waals surface area contributed by atoms with Gasteiger partial charge in [0.25, 0.3) is 0 Å². The lowest BCUT2D eigenvalue weighted by Gasteiger charge is -2.42. The highest BCUT2D eigenvalue weighted by Crippen LogP contribution is 2.56. The van der Waals surface area contributed by atoms with Crippen molar-refractivity contribution in [2.24, 2.45) is 40.3 Å². The van der Waals surface area contributed by atoms with E-state index < -0.39 is 12.2 Å². The van der Waals surface area contributed by atoms with Crippen molar-refractivity contribution in [3.63, 3.8) is 0 Å². The first-order valence-electron chi connectivity index (χ1n) is 22.3. The van der Waals surface area contributed by atoms with Gasteiger partial charge in [-0.15, -0.1) is 0 Å². The maximum Gasteiger partial charge on any atom is 0.188 e. The molecule has 318 valence electrons. The Morgan fingerprint density at radius 3 is 2.58 bits per heavy atom. The molecule has 0 saturated heterocycles. The van der Waals surface area contributed by atoms with E-state index in [1.807, 2.05) is 24.3 Å². The van der Waals surface area contributed by atoms with Gasteiger partial charge in [0.2, 0.25) is 0 Å². The van der Waals surface area contributed by atoms with E-state index in [1.54, 1.807) is 13.2 Å². The summed E-state index contributed by atoms with van der Waals surface area (Å²) in [4.78, 5) is 4.30. The van der Waals surface area contributed by atoms with Gasteiger partial charge in [-0.1, -0.05) is 51.8 Å². The van der Waals surface area contributed by atoms with Gasteiger partial charge in [-0.3, -0.25) is 4.99 Å². The average molecular weight is 808 g/mol. The van der Waals surface area contributed by atoms with Crippen LogP contribution in [0.25, 0.3) is 11.1 Å². The Morgan fingerprint density at radius 1 is 0.983 bits per heavy atom. The van der Waals surface area contributed by atoms with E-state index in [0.717, 1.165) is 116 Å². The van der Waals surface area contributed by atoms with E-state index in [1.165, 1.54) is 0 Å². The van der Waals surface area contributed by atoms with Crippen LogP contribution in [0.4, 0.5) is 0 Å². The monoisotopic (exact) mass is 807 g/mol. The van der Waals surface area contributed by atoms with Crippen molar-refractivity contribution in [2.75, 3.05) is 20.3 Å². The number of aliphatic imine (C=N–C) groups is 1. The molecular formula is C49H65N3O7. The zero-order valence-electron chi connectivity index (χ0n) is 35.3. The Kier molecular flexibility index (Phi) is 12.4. The van der Waals surface area contributed by atoms with Crippen LogP contribution in [-0.2, 0) is 19.3 Å². The molecule has 0 amide bonds. The summed E-state index contributed by atoms with van der Waals surface area (Å²) in [6.07, 6.45) is 13.8. The van der Waals surface area contributed by atoms with Gasteiger partial charge in [-0.05, 0) is 145 Å². The number of phenolic OH excluding ortho intramolecular Hbond substituents is 2. The average Bonchev–Trinajstić information content (AvgIpc) is 3.22. The first kappa shape index (κ1) is 41.3. The van der Waals surface area contributed by atoms with E-state index in [2.05, 4.69) is 49.3 Å². The van der Waals surface area contributed by atoms with Crippen LogP contribution < -0.4 is 25.3 Å². The molecule has 8 rings (SSSR count). The maximum atomic E-state index is 12.1. The Hall–Kier alpha value is -4.41. The summed E-state index contributed by atoms with van der Waals surface area (Å²) >= 11 is 0. The van der Waals surface area contributed by atoms with Gasteiger partial charge < -0.3 is 45.7 Å². The maximum absolute atomic E-state index is 12.1. The van der Waals surface area contributed by atoms with E-state index in [9.17, 15) is 20.4 Å². The number of phenols is 2. The molecule has 0 unspecified atom stereocenters. The number of aliphatic hydroxyl groups is 2. The predicted molar refractivity (Wildman–Crippen MR) is 232 cm³/mol. The molecule has 59 heavy (non-hydrogen) atoms. The van der Waals surface area contributed by atoms with Gasteiger partial charge in [0.15, 0.2) is 17.5 Å². The highest BCUT2D eigenvalue weighted by atomic mass is 16.5. The Bertz CT molecular complexity index is 2050. The first-order valence-corrected chi connectivity index (χ1v) is 22.3. The van der Waals surface area contributed by atoms with Crippen LogP contribution in [0.1, 0.15) is 118 Å². The van der Waals surface area contributed by atoms with Crippen molar-refractivity contribution in [2.45, 2.75) is 128 Å². The van der Waals surface area contributed by atoms with Gasteiger partial charge in [-0.25, -0.2) is 0 Å². The lowest BCUT2D eigenvalue weighted by Crippen LogP contribution is -2.46. The van der Waals surface area contributed by atoms with Crippen LogP contribution in [0.15, 0.2) is 53.5 Å². The number of aliphatic hydroxyl groups excluding tert-OH is 2. The number of guanidine groups is 1. The molecule has 3 aliphatic carbocycles. The van der Waals surface area contributed by atoms with Gasteiger partial charge in [-0.2, -0.15) is 0 Å². The van der Waals surface area contributed by atoms with Crippen molar-refractivity contribution in [1.29, 1.82) is 0 Å². The number of fused-ring (bicyclic) bond motifs is 5. The second-order valence-corrected chi connectivity index (χ2v) is 18.4. The van der Waals surface area contributed by atoms with Crippen molar-refractivity contribution in [1.82, 2.24) is 5.32 Å². The number of nitrogens with zero attached hydrogens (tertiary/aromatic N) is 1. The normalized spacial score (nSPS) is 28.7. The lowest BCUT2D eigenvalue weighted by atomic mass is 9.65. The van der Waals surface area contributed by atoms with E-state index >= 15 is 0 Å². The smallest absolute Gasteiger partial charge is 0.188 e. The molecule has 2 heterocycles. The minimum atomic E-state index is -0.859. The summed E-state index contributed by atoms with van der Waals surface area (Å²) in [5.41, 5.74) is 13.0. The number of benzene rings is 3. The summed E-state index contributed by atoms with van der Waals surface area (Å²) in [6.45, 7) is 7.48. The number of aromatic hydroxyl groups is 2. The highest BCUT2D eigenvalue weighted by Gasteiger charge is 2.42. The van der Waals surface area contributed by atoms with Crippen molar-refractivity contribution < 1.29 is 34.6 Å². The number of nitrogens with one attached hydrogen (secondary N) is 1. The molecule has 7 N–H and O–H groups in total. The first-order chi connectivity index (χ1) is 28.5. The topological polar surface area (TPSA) is 159 Å². The number of rotatable bonds is 12. The van der Waals surface area contributed by atoms with Crippen LogP contribution in [0.3, 0.4) is 0 Å². The summed E-state index contributed by atoms with van der Waals surface area (Å²) in [7, 11) is 1.71. The molecule has 0 radical (unpaired) electrons. The molecule has 9 atom stereocenters. The molecule has 10 heteroatoms. The molecule has 10 nitrogen and oxygen atoms in total. The summed E-state index contributed by atoms with van der Waals surface area (Å²) in [5.74, 6) is 4.48. The van der Waals surface area contributed by atoms with Gasteiger partial charge in [0, 0.05) is 42.8 Å². The van der Waals surface area contributed by atoms with Crippen molar-refractivity contribution in [3.8, 4) is 39.9 Å². The number of hydrogen-bond donors (Lipinski definition) is 6. The summed E-state index contributed by atoms with van der Waals surface area (Å²) < 4.78 is 19.8. The van der Waals surface area contributed by atoms with E-state index in [4.69, 9.17) is 19.9 Å². The fourth-order valence-corrected chi connectivity index (χ4v) is 11.1. The van der Waals surface area contributed by atoms with Crippen LogP contribution in [0.5, 0.6) is 28.7 Å². The summed E-state index contributed by atoms with van der Waals surface area (Å²) in [6, 6.07) is 11.7. The molecular weight excluding hydrogens is 743 g/mol. The molecule has 1 fully saturated rings. The minimum Gasteiger partial charge on any atom is -0.508 e. The molecule has 0 aromatic heterocycles. The van der Waals surface area contributed by atoms with Gasteiger partial charge >= 0.3 is 0 Å². The predicted octanol–water partition coefficient (Wildman–Crippen LogP) is 8.25. The Balaban J connectivity index is 1.14. The van der Waals surface area contributed by atoms with Crippen molar-refractivity contribution in [3.05, 3.63) is 76.4 Å². The van der Waals surface area contributed by atoms with E-state index in [-0.39, 0.29) is 36.3 Å². The number of nitrogens with two attached hydrogens (primary N) is 1. The zero-order valence-corrected chi connectivity index (χ0v) is 35.3. The number of hydrogen-bond acceptors (Lipinski definition) is 10. The standard InChI is InChI=1S/C49H65N3O7/c1-5-28-19-30(11-10-29(28)15-17-53)36-21-33-23-40(55)34(18-27(2)3)22-37(33)47-45(57-4)26-43-38(46(36)47)25-41(56)48(59-43)32-12-13-39(54)44(24-32)58-42-9-7-6-8-31(42)20-35-14-16-51-49(50)52-35/h10-13,22-24,26-31,35-36,41-42,48,53-56H,5-9,14-21,25H2,1-4H3,(H3,50,51,52)/t28-,29-,30+,31+,35-,36-,41+,42+,48-/m0/s1. The fourth-order valence-electron chi connectivity index (χ4n) is 11.1. The molecule has 5 aliphatic rings. The third kappa shape index (κ3) is 8.49. The van der Waals surface area contributed by atoms with Crippen LogP contribution in [0, 0.1) is 29.6 Å². The molecule has 3 aromatic carbocycles. The van der Waals surface area contributed by atoms with Gasteiger partial charge in [0.1, 0.15) is 29.5 Å². The molecule has 0 bridgehead atoms. The Labute approximate surface area is 349 Å². The lowest BCUT2D eigenvalue weighted by molar-refractivity contribution is 0.0196. The quantitative estimate of drug-likeness (QED) is 0.0992. The highest BCUT2D eigenvalue weighted by molar-refractivity contribution is 5.84. The third-order valence-corrected chi connectivity index (χ3v) is 14.1. The fraction of sp³-hybridized carbons (Fsp3) is 0.571. The number of allylic oxidation sites excluding steroid dienone is 2. The van der Waals surface area contributed by atoms with Crippen LogP contribution in [-0.4, -0.2) is 64.9 Å². The van der Waals surface area contributed by atoms with Crippen LogP contribution >= 0.6 is 0 Å². The molecule has 0 spiro atoms. The molecule has 3 aromatic rings. The minimum absolute atomic E-state index is 0.0525. The summed E-state index contributed by atoms with van der Waals surface area (Å²) in [5, 5.41) is 47.7. The van der Waals surface area contributed by atoms with Crippen molar-refractivity contribution >= 4 is 5.96 Å². The zero-order chi connectivity index (χ0) is 41.4. The molecule has 2 aliphatic heterocycles. The van der Waals surface area contributed by atoms with E-state index in [0.29, 0.717) is 59.1 Å². The SMILES string of the molecule is CC[C@H]1C[C@H]([C@@H]2Cc3cc(O)c(CC(C)C)cc3-c3c(OC)cc4c(c32)C[C@@H](O)[C@H](c2ccc(O)c(O[C@@H]3CCCC[C@@H]3C[C@@H]3CCN=C(N)N3)c2)O4)C=C[C@H]1CCO. The van der Waals surface area contributed by atoms with Gasteiger partial charge in [0.05, 0.1) is 13.2 Å². The molecule has 1 saturated carbocycles. The third-order valence-electron chi connectivity index (χ3n) is 14.1.